The van der Waals surface area contributed by atoms with Gasteiger partial charge in [-0.2, -0.15) is 0 Å². The molecule has 5 heteroatoms. The van der Waals surface area contributed by atoms with E-state index in [-0.39, 0.29) is 15.8 Å². The number of aromatic hydroxyl groups is 1. The van der Waals surface area contributed by atoms with Crippen LogP contribution in [0.2, 0.25) is 5.02 Å². The summed E-state index contributed by atoms with van der Waals surface area (Å²) in [6.07, 6.45) is 0. The molecule has 88 valence electrons. The first-order valence-electron chi connectivity index (χ1n) is 4.62. The van der Waals surface area contributed by atoms with Crippen molar-refractivity contribution in [3.8, 4) is 5.75 Å². The molecular weight excluding hydrogens is 295 g/mol. The highest BCUT2D eigenvalue weighted by molar-refractivity contribution is 9.10. The average molecular weight is 308 g/mol. The summed E-state index contributed by atoms with van der Waals surface area (Å²) in [7, 11) is 0. The molecule has 0 radical (unpaired) electrons. The summed E-state index contributed by atoms with van der Waals surface area (Å²) in [5.41, 5.74) is -0.512. The van der Waals surface area contributed by atoms with E-state index in [1.165, 1.54) is 12.1 Å². The highest BCUT2D eigenvalue weighted by Crippen LogP contribution is 2.35. The summed E-state index contributed by atoms with van der Waals surface area (Å²) in [5, 5.41) is 10.1. The molecule has 0 aliphatic rings. The van der Waals surface area contributed by atoms with Crippen LogP contribution in [0.3, 0.4) is 0 Å². The van der Waals surface area contributed by atoms with Crippen LogP contribution in [0.25, 0.3) is 0 Å². The minimum absolute atomic E-state index is 0.0891. The van der Waals surface area contributed by atoms with Crippen LogP contribution in [0.15, 0.2) is 16.6 Å². The SMILES string of the molecule is CC(C)(C)OC(=O)c1ccc(Cl)c(Br)c1O. The van der Waals surface area contributed by atoms with E-state index in [0.29, 0.717) is 5.02 Å². The summed E-state index contributed by atoms with van der Waals surface area (Å²) in [4.78, 5) is 11.7. The van der Waals surface area contributed by atoms with Crippen molar-refractivity contribution in [1.29, 1.82) is 0 Å². The zero-order valence-corrected chi connectivity index (χ0v) is 11.5. The molecule has 1 aromatic carbocycles. The largest absolute Gasteiger partial charge is 0.506 e. The molecule has 0 bridgehead atoms. The van der Waals surface area contributed by atoms with Crippen molar-refractivity contribution < 1.29 is 14.6 Å². The quantitative estimate of drug-likeness (QED) is 0.804. The van der Waals surface area contributed by atoms with Gasteiger partial charge in [0.05, 0.1) is 9.50 Å². The third-order valence-electron chi connectivity index (χ3n) is 1.69. The number of halogens is 2. The van der Waals surface area contributed by atoms with Crippen molar-refractivity contribution in [2.45, 2.75) is 26.4 Å². The summed E-state index contributed by atoms with van der Waals surface area (Å²) < 4.78 is 5.43. The minimum Gasteiger partial charge on any atom is -0.506 e. The van der Waals surface area contributed by atoms with Crippen LogP contribution in [-0.4, -0.2) is 16.7 Å². The topological polar surface area (TPSA) is 46.5 Å². The first-order chi connectivity index (χ1) is 7.22. The zero-order valence-electron chi connectivity index (χ0n) is 9.17. The van der Waals surface area contributed by atoms with Crippen molar-refractivity contribution in [2.24, 2.45) is 0 Å². The second kappa shape index (κ2) is 4.63. The molecule has 0 aromatic heterocycles. The third-order valence-corrected chi connectivity index (χ3v) is 3.03. The van der Waals surface area contributed by atoms with E-state index in [1.54, 1.807) is 20.8 Å². The minimum atomic E-state index is -0.602. The Labute approximate surface area is 107 Å². The van der Waals surface area contributed by atoms with Crippen LogP contribution < -0.4 is 0 Å². The maximum atomic E-state index is 11.7. The number of phenolic OH excluding ortho intramolecular Hbond substituents is 1. The Balaban J connectivity index is 3.06. The van der Waals surface area contributed by atoms with Crippen LogP contribution in [-0.2, 0) is 4.74 Å². The highest BCUT2D eigenvalue weighted by Gasteiger charge is 2.22. The van der Waals surface area contributed by atoms with Gasteiger partial charge in [0.1, 0.15) is 16.9 Å². The van der Waals surface area contributed by atoms with E-state index in [0.717, 1.165) is 0 Å². The normalized spacial score (nSPS) is 11.3. The van der Waals surface area contributed by atoms with Gasteiger partial charge in [0.2, 0.25) is 0 Å². The number of carbonyl (C=O) groups excluding carboxylic acids is 1. The van der Waals surface area contributed by atoms with Crippen molar-refractivity contribution >= 4 is 33.5 Å². The molecule has 1 aromatic rings. The van der Waals surface area contributed by atoms with Gasteiger partial charge in [-0.1, -0.05) is 11.6 Å². The van der Waals surface area contributed by atoms with Gasteiger partial charge < -0.3 is 9.84 Å². The Hall–Kier alpha value is -0.740. The lowest BCUT2D eigenvalue weighted by molar-refractivity contribution is 0.00667. The summed E-state index contributed by atoms with van der Waals surface area (Å²) >= 11 is 8.85. The van der Waals surface area contributed by atoms with Crippen molar-refractivity contribution in [1.82, 2.24) is 0 Å². The molecule has 0 heterocycles. The number of rotatable bonds is 1. The molecule has 1 rings (SSSR count). The van der Waals surface area contributed by atoms with E-state index in [2.05, 4.69) is 15.9 Å². The number of phenols is 1. The Morgan fingerprint density at radius 1 is 1.44 bits per heavy atom. The van der Waals surface area contributed by atoms with Crippen LogP contribution >= 0.6 is 27.5 Å². The van der Waals surface area contributed by atoms with Crippen LogP contribution in [0, 0.1) is 0 Å². The molecule has 0 saturated heterocycles. The molecule has 0 amide bonds. The molecule has 0 spiro atoms. The fourth-order valence-corrected chi connectivity index (χ4v) is 1.54. The second-order valence-corrected chi connectivity index (χ2v) is 5.46. The van der Waals surface area contributed by atoms with E-state index >= 15 is 0 Å². The van der Waals surface area contributed by atoms with Gasteiger partial charge in [-0.15, -0.1) is 0 Å². The molecular formula is C11H12BrClO3. The number of ether oxygens (including phenoxy) is 1. The molecule has 1 N–H and O–H groups in total. The highest BCUT2D eigenvalue weighted by atomic mass is 79.9. The zero-order chi connectivity index (χ0) is 12.5. The molecule has 0 aliphatic heterocycles. The summed E-state index contributed by atoms with van der Waals surface area (Å²) in [5.74, 6) is -0.788. The van der Waals surface area contributed by atoms with E-state index in [4.69, 9.17) is 16.3 Å². The lowest BCUT2D eigenvalue weighted by Gasteiger charge is -2.20. The Bertz CT molecular complexity index is 424. The smallest absolute Gasteiger partial charge is 0.342 e. The van der Waals surface area contributed by atoms with Gasteiger partial charge in [0.15, 0.2) is 0 Å². The second-order valence-electron chi connectivity index (χ2n) is 4.26. The Morgan fingerprint density at radius 3 is 2.50 bits per heavy atom. The monoisotopic (exact) mass is 306 g/mol. The first-order valence-corrected chi connectivity index (χ1v) is 5.80. The summed E-state index contributed by atoms with van der Waals surface area (Å²) in [6, 6.07) is 2.95. The van der Waals surface area contributed by atoms with E-state index < -0.39 is 11.6 Å². The van der Waals surface area contributed by atoms with Gasteiger partial charge >= 0.3 is 5.97 Å². The average Bonchev–Trinajstić information content (AvgIpc) is 2.11. The molecule has 0 saturated carbocycles. The maximum Gasteiger partial charge on any atom is 0.342 e. The van der Waals surface area contributed by atoms with Gasteiger partial charge in [-0.25, -0.2) is 4.79 Å². The van der Waals surface area contributed by atoms with Crippen LogP contribution in [0.1, 0.15) is 31.1 Å². The fraction of sp³-hybridized carbons (Fsp3) is 0.364. The Morgan fingerprint density at radius 2 is 2.00 bits per heavy atom. The number of benzene rings is 1. The number of carbonyl (C=O) groups is 1. The van der Waals surface area contributed by atoms with Crippen LogP contribution in [0.5, 0.6) is 5.75 Å². The predicted octanol–water partition coefficient (Wildman–Crippen LogP) is 3.76. The lowest BCUT2D eigenvalue weighted by Crippen LogP contribution is -2.23. The third kappa shape index (κ3) is 3.12. The van der Waals surface area contributed by atoms with E-state index in [1.807, 2.05) is 0 Å². The fourth-order valence-electron chi connectivity index (χ4n) is 1.04. The molecule has 0 aliphatic carbocycles. The number of hydrogen-bond donors (Lipinski definition) is 1. The summed E-state index contributed by atoms with van der Waals surface area (Å²) in [6.45, 7) is 5.27. The van der Waals surface area contributed by atoms with Crippen molar-refractivity contribution in [2.75, 3.05) is 0 Å². The van der Waals surface area contributed by atoms with Gasteiger partial charge in [0.25, 0.3) is 0 Å². The van der Waals surface area contributed by atoms with Gasteiger partial charge in [-0.3, -0.25) is 0 Å². The first kappa shape index (κ1) is 13.3. The predicted molar refractivity (Wildman–Crippen MR) is 66.0 cm³/mol. The molecule has 0 unspecified atom stereocenters. The van der Waals surface area contributed by atoms with Crippen molar-refractivity contribution in [3.05, 3.63) is 27.2 Å². The molecule has 16 heavy (non-hydrogen) atoms. The number of esters is 1. The molecule has 3 nitrogen and oxygen atoms in total. The lowest BCUT2D eigenvalue weighted by atomic mass is 10.1. The van der Waals surface area contributed by atoms with E-state index in [9.17, 15) is 9.90 Å². The molecule has 0 atom stereocenters. The van der Waals surface area contributed by atoms with Gasteiger partial charge in [0, 0.05) is 0 Å². The van der Waals surface area contributed by atoms with Crippen molar-refractivity contribution in [3.63, 3.8) is 0 Å². The van der Waals surface area contributed by atoms with Gasteiger partial charge in [-0.05, 0) is 48.8 Å². The van der Waals surface area contributed by atoms with Crippen LogP contribution in [0.4, 0.5) is 0 Å². The number of hydrogen-bond acceptors (Lipinski definition) is 3. The maximum absolute atomic E-state index is 11.7. The molecule has 0 fully saturated rings. The standard InChI is InChI=1S/C11H12BrClO3/c1-11(2,3)16-10(15)6-4-5-7(13)8(12)9(6)14/h4-5,14H,1-3H3. The Kier molecular flexibility index (Phi) is 3.86.